The van der Waals surface area contributed by atoms with Gasteiger partial charge in [0.05, 0.1) is 0 Å². The molecule has 1 aromatic heterocycles. The Kier molecular flexibility index (Phi) is 3.90. The third-order valence-corrected chi connectivity index (χ3v) is 4.67. The normalized spacial score (nSPS) is 23.1. The van der Waals surface area contributed by atoms with Gasteiger partial charge < -0.3 is 5.32 Å². The first kappa shape index (κ1) is 13.4. The van der Waals surface area contributed by atoms with Gasteiger partial charge in [0.2, 0.25) is 0 Å². The van der Waals surface area contributed by atoms with Gasteiger partial charge in [0, 0.05) is 17.6 Å². The molecule has 1 aliphatic carbocycles. The molecule has 1 aromatic carbocycles. The minimum absolute atomic E-state index is 0.571. The van der Waals surface area contributed by atoms with Crippen molar-refractivity contribution in [1.82, 2.24) is 4.98 Å². The van der Waals surface area contributed by atoms with E-state index in [1.165, 1.54) is 36.5 Å². The largest absolute Gasteiger partial charge is 0.367 e. The monoisotopic (exact) mass is 268 g/mol. The van der Waals surface area contributed by atoms with Gasteiger partial charge in [-0.15, -0.1) is 0 Å². The predicted octanol–water partition coefficient (Wildman–Crippen LogP) is 4.86. The van der Waals surface area contributed by atoms with E-state index in [0.29, 0.717) is 6.04 Å². The molecule has 3 rings (SSSR count). The third-order valence-electron chi connectivity index (χ3n) is 4.67. The molecule has 0 saturated heterocycles. The smallest absolute Gasteiger partial charge is 0.134 e. The van der Waals surface area contributed by atoms with Crippen molar-refractivity contribution in [2.75, 3.05) is 5.32 Å². The van der Waals surface area contributed by atoms with Crippen LogP contribution >= 0.6 is 0 Å². The molecule has 0 radical (unpaired) electrons. The van der Waals surface area contributed by atoms with Crippen LogP contribution in [0, 0.1) is 11.8 Å². The second-order valence-electron chi connectivity index (χ2n) is 6.32. The highest BCUT2D eigenvalue weighted by molar-refractivity contribution is 5.91. The van der Waals surface area contributed by atoms with Crippen molar-refractivity contribution in [1.29, 1.82) is 0 Å². The highest BCUT2D eigenvalue weighted by Gasteiger charge is 2.27. The average Bonchev–Trinajstić information content (AvgIpc) is 2.48. The molecule has 0 bridgehead atoms. The van der Waals surface area contributed by atoms with Gasteiger partial charge in [-0.1, -0.05) is 51.0 Å². The Morgan fingerprint density at radius 1 is 1.10 bits per heavy atom. The zero-order chi connectivity index (χ0) is 13.9. The van der Waals surface area contributed by atoms with Crippen molar-refractivity contribution in [2.24, 2.45) is 11.8 Å². The molecule has 0 aliphatic heterocycles. The van der Waals surface area contributed by atoms with Gasteiger partial charge in [0.25, 0.3) is 0 Å². The third kappa shape index (κ3) is 2.65. The van der Waals surface area contributed by atoms with Crippen molar-refractivity contribution in [3.05, 3.63) is 36.5 Å². The van der Waals surface area contributed by atoms with Crippen LogP contribution in [0.3, 0.4) is 0 Å². The Labute approximate surface area is 121 Å². The van der Waals surface area contributed by atoms with Gasteiger partial charge in [-0.2, -0.15) is 0 Å². The van der Waals surface area contributed by atoms with Crippen LogP contribution < -0.4 is 5.32 Å². The summed E-state index contributed by atoms with van der Waals surface area (Å²) < 4.78 is 0. The molecular weight excluding hydrogens is 244 g/mol. The van der Waals surface area contributed by atoms with Gasteiger partial charge in [0.1, 0.15) is 5.82 Å². The fourth-order valence-corrected chi connectivity index (χ4v) is 3.55. The zero-order valence-electron chi connectivity index (χ0n) is 12.5. The summed E-state index contributed by atoms with van der Waals surface area (Å²) in [7, 11) is 0. The van der Waals surface area contributed by atoms with E-state index in [0.717, 1.165) is 17.7 Å². The highest BCUT2D eigenvalue weighted by Crippen LogP contribution is 2.33. The van der Waals surface area contributed by atoms with Gasteiger partial charge in [-0.3, -0.25) is 0 Å². The van der Waals surface area contributed by atoms with Crippen molar-refractivity contribution in [2.45, 2.75) is 45.6 Å². The van der Waals surface area contributed by atoms with Crippen molar-refractivity contribution in [3.8, 4) is 0 Å². The first-order chi connectivity index (χ1) is 9.75. The Hall–Kier alpha value is -1.57. The predicted molar refractivity (Wildman–Crippen MR) is 85.9 cm³/mol. The maximum absolute atomic E-state index is 4.58. The molecule has 2 nitrogen and oxygen atoms in total. The van der Waals surface area contributed by atoms with Crippen LogP contribution in [0.15, 0.2) is 36.5 Å². The minimum Gasteiger partial charge on any atom is -0.367 e. The van der Waals surface area contributed by atoms with Gasteiger partial charge in [0.15, 0.2) is 0 Å². The van der Waals surface area contributed by atoms with Crippen molar-refractivity contribution >= 4 is 16.6 Å². The van der Waals surface area contributed by atoms with E-state index in [1.807, 2.05) is 6.20 Å². The summed E-state index contributed by atoms with van der Waals surface area (Å²) in [5, 5.41) is 6.25. The highest BCUT2D eigenvalue weighted by atomic mass is 15.0. The molecule has 2 atom stereocenters. The molecule has 2 heteroatoms. The van der Waals surface area contributed by atoms with Crippen molar-refractivity contribution < 1.29 is 0 Å². The summed E-state index contributed by atoms with van der Waals surface area (Å²) in [4.78, 5) is 4.58. The van der Waals surface area contributed by atoms with Crippen LogP contribution in [-0.4, -0.2) is 11.0 Å². The van der Waals surface area contributed by atoms with E-state index >= 15 is 0 Å². The number of pyridine rings is 1. The standard InChI is InChI=1S/C18H24N2/c1-13(2)15-8-5-6-10-17(15)20-18-16-9-4-3-7-14(16)11-12-19-18/h3-4,7,9,11-13,15,17H,5-6,8,10H2,1-2H3,(H,19,20). The Morgan fingerprint density at radius 2 is 1.90 bits per heavy atom. The second kappa shape index (κ2) is 5.82. The Morgan fingerprint density at radius 3 is 2.75 bits per heavy atom. The number of benzene rings is 1. The lowest BCUT2D eigenvalue weighted by molar-refractivity contribution is 0.253. The van der Waals surface area contributed by atoms with E-state index in [-0.39, 0.29) is 0 Å². The first-order valence-corrected chi connectivity index (χ1v) is 7.86. The van der Waals surface area contributed by atoms with Crippen LogP contribution in [0.1, 0.15) is 39.5 Å². The number of aromatic nitrogens is 1. The first-order valence-electron chi connectivity index (χ1n) is 7.86. The van der Waals surface area contributed by atoms with E-state index < -0.39 is 0 Å². The van der Waals surface area contributed by atoms with E-state index in [2.05, 4.69) is 54.5 Å². The van der Waals surface area contributed by atoms with Crippen LogP contribution in [0.5, 0.6) is 0 Å². The van der Waals surface area contributed by atoms with Gasteiger partial charge in [-0.05, 0) is 36.1 Å². The summed E-state index contributed by atoms with van der Waals surface area (Å²) in [6.45, 7) is 4.70. The molecular formula is C18H24N2. The number of rotatable bonds is 3. The Bertz CT molecular complexity index is 571. The molecule has 1 heterocycles. The molecule has 106 valence electrons. The maximum atomic E-state index is 4.58. The van der Waals surface area contributed by atoms with Crippen molar-refractivity contribution in [3.63, 3.8) is 0 Å². The maximum Gasteiger partial charge on any atom is 0.134 e. The summed E-state index contributed by atoms with van der Waals surface area (Å²) in [5.41, 5.74) is 0. The minimum atomic E-state index is 0.571. The lowest BCUT2D eigenvalue weighted by atomic mass is 9.78. The average molecular weight is 268 g/mol. The molecule has 2 unspecified atom stereocenters. The molecule has 1 N–H and O–H groups in total. The molecule has 2 aromatic rings. The second-order valence-corrected chi connectivity index (χ2v) is 6.32. The molecule has 20 heavy (non-hydrogen) atoms. The molecule has 0 amide bonds. The summed E-state index contributed by atoms with van der Waals surface area (Å²) in [6.07, 6.45) is 7.25. The van der Waals surface area contributed by atoms with Gasteiger partial charge >= 0.3 is 0 Å². The van der Waals surface area contributed by atoms with Crippen LogP contribution in [0.4, 0.5) is 5.82 Å². The number of hydrogen-bond acceptors (Lipinski definition) is 2. The van der Waals surface area contributed by atoms with Crippen LogP contribution in [0.25, 0.3) is 10.8 Å². The fourth-order valence-electron chi connectivity index (χ4n) is 3.55. The summed E-state index contributed by atoms with van der Waals surface area (Å²) >= 11 is 0. The van der Waals surface area contributed by atoms with E-state index in [9.17, 15) is 0 Å². The molecule has 1 fully saturated rings. The molecule has 0 spiro atoms. The zero-order valence-corrected chi connectivity index (χ0v) is 12.5. The fraction of sp³-hybridized carbons (Fsp3) is 0.500. The number of nitrogens with zero attached hydrogens (tertiary/aromatic N) is 1. The summed E-state index contributed by atoms with van der Waals surface area (Å²) in [6, 6.07) is 11.2. The lowest BCUT2D eigenvalue weighted by Gasteiger charge is -2.35. The molecule has 1 aliphatic rings. The van der Waals surface area contributed by atoms with E-state index in [1.54, 1.807) is 0 Å². The lowest BCUT2D eigenvalue weighted by Crippen LogP contribution is -2.35. The van der Waals surface area contributed by atoms with E-state index in [4.69, 9.17) is 0 Å². The number of hydrogen-bond donors (Lipinski definition) is 1. The number of nitrogens with one attached hydrogen (secondary N) is 1. The Balaban J connectivity index is 1.88. The summed E-state index contributed by atoms with van der Waals surface area (Å²) in [5.74, 6) is 2.56. The number of anilines is 1. The SMILES string of the molecule is CC(C)C1CCCCC1Nc1nccc2ccccc12. The number of fused-ring (bicyclic) bond motifs is 1. The quantitative estimate of drug-likeness (QED) is 0.859. The van der Waals surface area contributed by atoms with Crippen LogP contribution in [0.2, 0.25) is 0 Å². The topological polar surface area (TPSA) is 24.9 Å². The van der Waals surface area contributed by atoms with Gasteiger partial charge in [-0.25, -0.2) is 4.98 Å². The molecule has 1 saturated carbocycles. The van der Waals surface area contributed by atoms with Crippen LogP contribution in [-0.2, 0) is 0 Å².